The van der Waals surface area contributed by atoms with E-state index in [1.165, 1.54) is 0 Å². The molecule has 1 unspecified atom stereocenters. The number of nitrogens with zero attached hydrogens (tertiary/aromatic N) is 1. The second-order valence-corrected chi connectivity index (χ2v) is 5.39. The minimum Gasteiger partial charge on any atom is -0.379 e. The fourth-order valence-electron chi connectivity index (χ4n) is 1.78. The van der Waals surface area contributed by atoms with E-state index in [1.807, 2.05) is 13.8 Å². The van der Waals surface area contributed by atoms with Crippen LogP contribution in [0.25, 0.3) is 0 Å². The lowest BCUT2D eigenvalue weighted by Gasteiger charge is -2.24. The molecule has 0 amide bonds. The summed E-state index contributed by atoms with van der Waals surface area (Å²) >= 11 is 0. The van der Waals surface area contributed by atoms with Gasteiger partial charge in [-0.1, -0.05) is 0 Å². The molecule has 1 N–H and O–H groups in total. The number of hydrogen-bond donors (Lipinski definition) is 1. The Kier molecular flexibility index (Phi) is 4.12. The highest BCUT2D eigenvalue weighted by molar-refractivity contribution is 4.92. The Morgan fingerprint density at radius 2 is 2.27 bits per heavy atom. The Morgan fingerprint density at radius 3 is 2.80 bits per heavy atom. The first kappa shape index (κ1) is 12.5. The van der Waals surface area contributed by atoms with Crippen molar-refractivity contribution >= 4 is 0 Å². The van der Waals surface area contributed by atoms with Crippen LogP contribution in [0.4, 0.5) is 0 Å². The van der Waals surface area contributed by atoms with Gasteiger partial charge in [0.15, 0.2) is 0 Å². The zero-order chi connectivity index (χ0) is 11.4. The second-order valence-electron chi connectivity index (χ2n) is 5.39. The predicted molar refractivity (Wildman–Crippen MR) is 60.5 cm³/mol. The van der Waals surface area contributed by atoms with Crippen LogP contribution in [0.2, 0.25) is 0 Å². The Balaban J connectivity index is 2.14. The highest BCUT2D eigenvalue weighted by Crippen LogP contribution is 2.21. The topological polar surface area (TPSA) is 45.0 Å². The summed E-state index contributed by atoms with van der Waals surface area (Å²) < 4.78 is 5.36. The van der Waals surface area contributed by atoms with Gasteiger partial charge < -0.3 is 10.1 Å². The van der Waals surface area contributed by atoms with Gasteiger partial charge in [-0.2, -0.15) is 5.26 Å². The second kappa shape index (κ2) is 4.96. The molecule has 15 heavy (non-hydrogen) atoms. The van der Waals surface area contributed by atoms with Gasteiger partial charge in [-0.05, 0) is 46.6 Å². The summed E-state index contributed by atoms with van der Waals surface area (Å²) in [6.07, 6.45) is 3.10. The first-order valence-corrected chi connectivity index (χ1v) is 5.72. The molecule has 0 spiro atoms. The lowest BCUT2D eigenvalue weighted by Crippen LogP contribution is -2.43. The predicted octanol–water partition coefficient (Wildman–Crippen LogP) is 2.08. The quantitative estimate of drug-likeness (QED) is 0.707. The van der Waals surface area contributed by atoms with Crippen molar-refractivity contribution in [2.24, 2.45) is 5.41 Å². The van der Waals surface area contributed by atoms with E-state index in [2.05, 4.69) is 18.3 Å². The molecule has 3 heteroatoms. The smallest absolute Gasteiger partial charge is 0.0683 e. The first-order valence-electron chi connectivity index (χ1n) is 5.72. The number of nitriles is 1. The van der Waals surface area contributed by atoms with Crippen molar-refractivity contribution in [3.63, 3.8) is 0 Å². The molecule has 0 saturated carbocycles. The van der Waals surface area contributed by atoms with Gasteiger partial charge in [0.05, 0.1) is 18.1 Å². The van der Waals surface area contributed by atoms with E-state index in [-0.39, 0.29) is 11.0 Å². The molecule has 1 heterocycles. The summed E-state index contributed by atoms with van der Waals surface area (Å²) in [6.45, 7) is 8.85. The number of hydrogen-bond acceptors (Lipinski definition) is 3. The van der Waals surface area contributed by atoms with Crippen molar-refractivity contribution in [1.29, 1.82) is 5.26 Å². The summed E-state index contributed by atoms with van der Waals surface area (Å²) in [5, 5.41) is 12.4. The van der Waals surface area contributed by atoms with E-state index in [0.29, 0.717) is 0 Å². The van der Waals surface area contributed by atoms with E-state index in [0.717, 1.165) is 39.0 Å². The molecule has 0 bridgehead atoms. The Labute approximate surface area is 92.8 Å². The van der Waals surface area contributed by atoms with Crippen LogP contribution in [-0.4, -0.2) is 25.3 Å². The van der Waals surface area contributed by atoms with Crippen molar-refractivity contribution in [2.75, 3.05) is 19.8 Å². The van der Waals surface area contributed by atoms with Crippen molar-refractivity contribution in [3.8, 4) is 6.07 Å². The molecule has 1 saturated heterocycles. The summed E-state index contributed by atoms with van der Waals surface area (Å²) in [4.78, 5) is 0. The van der Waals surface area contributed by atoms with Gasteiger partial charge in [0, 0.05) is 12.1 Å². The number of rotatable bonds is 5. The van der Waals surface area contributed by atoms with E-state index in [9.17, 15) is 0 Å². The number of nitrogens with one attached hydrogen (secondary N) is 1. The van der Waals surface area contributed by atoms with Gasteiger partial charge in [-0.3, -0.25) is 0 Å². The minimum absolute atomic E-state index is 0.163. The van der Waals surface area contributed by atoms with Crippen LogP contribution >= 0.6 is 0 Å². The molecule has 0 radical (unpaired) electrons. The third-order valence-electron chi connectivity index (χ3n) is 3.05. The van der Waals surface area contributed by atoms with Gasteiger partial charge in [0.25, 0.3) is 0 Å². The number of ether oxygens (including phenoxy) is 1. The Bertz CT molecular complexity index is 236. The third kappa shape index (κ3) is 4.19. The van der Waals surface area contributed by atoms with Gasteiger partial charge >= 0.3 is 0 Å². The molecule has 1 fully saturated rings. The van der Waals surface area contributed by atoms with Gasteiger partial charge in [0.1, 0.15) is 0 Å². The fourth-order valence-corrected chi connectivity index (χ4v) is 1.78. The van der Waals surface area contributed by atoms with Crippen LogP contribution < -0.4 is 5.32 Å². The average Bonchev–Trinajstić information content (AvgIpc) is 2.61. The monoisotopic (exact) mass is 210 g/mol. The molecule has 1 aliphatic heterocycles. The van der Waals surface area contributed by atoms with Crippen molar-refractivity contribution < 1.29 is 4.74 Å². The van der Waals surface area contributed by atoms with Crippen molar-refractivity contribution in [2.45, 2.75) is 45.6 Å². The van der Waals surface area contributed by atoms with E-state index >= 15 is 0 Å². The molecule has 1 atom stereocenters. The zero-order valence-electron chi connectivity index (χ0n) is 10.1. The Hall–Kier alpha value is -0.590. The maximum Gasteiger partial charge on any atom is 0.0683 e. The summed E-state index contributed by atoms with van der Waals surface area (Å²) in [5.41, 5.74) is -0.0223. The minimum atomic E-state index is -0.186. The molecule has 0 aliphatic carbocycles. The van der Waals surface area contributed by atoms with Gasteiger partial charge in [0.2, 0.25) is 0 Å². The highest BCUT2D eigenvalue weighted by Gasteiger charge is 2.28. The third-order valence-corrected chi connectivity index (χ3v) is 3.05. The summed E-state index contributed by atoms with van der Waals surface area (Å²) in [6, 6.07) is 2.33. The maximum atomic E-state index is 8.87. The van der Waals surface area contributed by atoms with Crippen LogP contribution in [0.3, 0.4) is 0 Å². The standard InChI is InChI=1S/C12H22N2O/c1-11(2,9-13)5-4-7-14-12(3)6-8-15-10-12/h14H,4-8,10H2,1-3H3. The largest absolute Gasteiger partial charge is 0.379 e. The zero-order valence-corrected chi connectivity index (χ0v) is 10.1. The molecule has 3 nitrogen and oxygen atoms in total. The van der Waals surface area contributed by atoms with Crippen LogP contribution in [0.5, 0.6) is 0 Å². The molecule has 1 rings (SSSR count). The van der Waals surface area contributed by atoms with Crippen LogP contribution in [0.15, 0.2) is 0 Å². The van der Waals surface area contributed by atoms with E-state index in [4.69, 9.17) is 10.00 Å². The van der Waals surface area contributed by atoms with Crippen LogP contribution in [0, 0.1) is 16.7 Å². The molecule has 0 aromatic rings. The van der Waals surface area contributed by atoms with Crippen molar-refractivity contribution in [3.05, 3.63) is 0 Å². The fraction of sp³-hybridized carbons (Fsp3) is 0.917. The normalized spacial score (nSPS) is 26.5. The van der Waals surface area contributed by atoms with Crippen molar-refractivity contribution in [1.82, 2.24) is 5.32 Å². The van der Waals surface area contributed by atoms with Gasteiger partial charge in [-0.25, -0.2) is 0 Å². The average molecular weight is 210 g/mol. The SMILES string of the molecule is CC(C)(C#N)CCCNC1(C)CCOC1. The molecule has 1 aliphatic rings. The van der Waals surface area contributed by atoms with Crippen LogP contribution in [-0.2, 0) is 4.74 Å². The highest BCUT2D eigenvalue weighted by atomic mass is 16.5. The molecular weight excluding hydrogens is 188 g/mol. The first-order chi connectivity index (χ1) is 6.97. The van der Waals surface area contributed by atoms with Gasteiger partial charge in [-0.15, -0.1) is 0 Å². The summed E-state index contributed by atoms with van der Waals surface area (Å²) in [7, 11) is 0. The van der Waals surface area contributed by atoms with E-state index < -0.39 is 0 Å². The van der Waals surface area contributed by atoms with Crippen LogP contribution in [0.1, 0.15) is 40.0 Å². The van der Waals surface area contributed by atoms with E-state index in [1.54, 1.807) is 0 Å². The lowest BCUT2D eigenvalue weighted by molar-refractivity contribution is 0.171. The maximum absolute atomic E-state index is 8.87. The molecule has 86 valence electrons. The molecule has 0 aromatic heterocycles. The molecular formula is C12H22N2O. The lowest BCUT2D eigenvalue weighted by atomic mass is 9.89. The summed E-state index contributed by atoms with van der Waals surface area (Å²) in [5.74, 6) is 0. The Morgan fingerprint density at radius 1 is 1.53 bits per heavy atom. The molecule has 0 aromatic carbocycles.